The molecule has 0 saturated carbocycles. The Morgan fingerprint density at radius 1 is 1.09 bits per heavy atom. The van der Waals surface area contributed by atoms with Crippen molar-refractivity contribution in [2.75, 3.05) is 31.1 Å². The lowest BCUT2D eigenvalue weighted by Gasteiger charge is -2.33. The zero-order valence-corrected chi connectivity index (χ0v) is 12.8. The molecule has 1 aliphatic rings. The Kier molecular flexibility index (Phi) is 4.61. The van der Waals surface area contributed by atoms with Crippen LogP contribution in [0.4, 0.5) is 10.6 Å². The molecule has 6 heteroatoms. The SMILES string of the molecule is O=C(O)N1CCN(c2ccc(OCc3ccccc3)cn2)CC1. The second-order valence-electron chi connectivity index (χ2n) is 5.38. The molecule has 120 valence electrons. The highest BCUT2D eigenvalue weighted by atomic mass is 16.5. The van der Waals surface area contributed by atoms with Crippen LogP contribution in [0.2, 0.25) is 0 Å². The summed E-state index contributed by atoms with van der Waals surface area (Å²) in [5.74, 6) is 1.57. The summed E-state index contributed by atoms with van der Waals surface area (Å²) in [4.78, 5) is 18.8. The lowest BCUT2D eigenvalue weighted by atomic mass is 10.2. The standard InChI is InChI=1S/C17H19N3O3/c21-17(22)20-10-8-19(9-11-20)16-7-6-15(12-18-16)23-13-14-4-2-1-3-5-14/h1-7,12H,8-11,13H2,(H,21,22). The summed E-state index contributed by atoms with van der Waals surface area (Å²) in [6.07, 6.45) is 0.851. The number of rotatable bonds is 4. The minimum absolute atomic E-state index is 0.503. The molecule has 1 aromatic heterocycles. The first-order chi connectivity index (χ1) is 11.2. The van der Waals surface area contributed by atoms with E-state index in [1.165, 1.54) is 4.90 Å². The van der Waals surface area contributed by atoms with Crippen LogP contribution >= 0.6 is 0 Å². The maximum absolute atomic E-state index is 10.9. The second kappa shape index (κ2) is 7.00. The average molecular weight is 313 g/mol. The largest absolute Gasteiger partial charge is 0.487 e. The van der Waals surface area contributed by atoms with Crippen LogP contribution in [0.15, 0.2) is 48.7 Å². The Labute approximate surface area is 134 Å². The molecule has 0 aliphatic carbocycles. The van der Waals surface area contributed by atoms with Crippen LogP contribution < -0.4 is 9.64 Å². The number of hydrogen-bond acceptors (Lipinski definition) is 4. The van der Waals surface area contributed by atoms with E-state index in [2.05, 4.69) is 9.88 Å². The van der Waals surface area contributed by atoms with Gasteiger partial charge >= 0.3 is 6.09 Å². The van der Waals surface area contributed by atoms with E-state index in [9.17, 15) is 4.79 Å². The molecule has 3 rings (SSSR count). The van der Waals surface area contributed by atoms with Crippen molar-refractivity contribution in [1.29, 1.82) is 0 Å². The van der Waals surface area contributed by atoms with Crippen molar-refractivity contribution in [1.82, 2.24) is 9.88 Å². The van der Waals surface area contributed by atoms with Gasteiger partial charge in [0.25, 0.3) is 0 Å². The highest BCUT2D eigenvalue weighted by molar-refractivity contribution is 5.65. The van der Waals surface area contributed by atoms with E-state index in [1.807, 2.05) is 42.5 Å². The first kappa shape index (κ1) is 15.1. The Morgan fingerprint density at radius 3 is 2.43 bits per heavy atom. The van der Waals surface area contributed by atoms with E-state index in [1.54, 1.807) is 6.20 Å². The third kappa shape index (κ3) is 3.91. The first-order valence-corrected chi connectivity index (χ1v) is 7.58. The van der Waals surface area contributed by atoms with E-state index >= 15 is 0 Å². The van der Waals surface area contributed by atoms with E-state index in [0.717, 1.165) is 17.1 Å². The molecule has 1 aliphatic heterocycles. The Bertz CT molecular complexity index is 638. The second-order valence-corrected chi connectivity index (χ2v) is 5.38. The molecule has 1 amide bonds. The van der Waals surface area contributed by atoms with Gasteiger partial charge in [0.1, 0.15) is 18.2 Å². The van der Waals surface area contributed by atoms with Gasteiger partial charge in [0.15, 0.2) is 0 Å². The van der Waals surface area contributed by atoms with E-state index in [0.29, 0.717) is 32.8 Å². The predicted octanol–water partition coefficient (Wildman–Crippen LogP) is 2.46. The number of aromatic nitrogens is 1. The molecule has 0 atom stereocenters. The van der Waals surface area contributed by atoms with Crippen LogP contribution in [0.1, 0.15) is 5.56 Å². The van der Waals surface area contributed by atoms with Gasteiger partial charge in [-0.1, -0.05) is 30.3 Å². The smallest absolute Gasteiger partial charge is 0.407 e. The Hall–Kier alpha value is -2.76. The van der Waals surface area contributed by atoms with Crippen molar-refractivity contribution in [2.24, 2.45) is 0 Å². The zero-order valence-electron chi connectivity index (χ0n) is 12.8. The molecule has 23 heavy (non-hydrogen) atoms. The van der Waals surface area contributed by atoms with Gasteiger partial charge < -0.3 is 19.6 Å². The van der Waals surface area contributed by atoms with Crippen molar-refractivity contribution in [2.45, 2.75) is 6.61 Å². The lowest BCUT2D eigenvalue weighted by molar-refractivity contribution is 0.142. The number of benzene rings is 1. The molecule has 0 bridgehead atoms. The minimum atomic E-state index is -0.859. The van der Waals surface area contributed by atoms with Crippen LogP contribution in [0.25, 0.3) is 0 Å². The van der Waals surface area contributed by atoms with E-state index < -0.39 is 6.09 Å². The van der Waals surface area contributed by atoms with Crippen LogP contribution in [0.3, 0.4) is 0 Å². The fourth-order valence-electron chi connectivity index (χ4n) is 2.51. The predicted molar refractivity (Wildman–Crippen MR) is 86.8 cm³/mol. The number of carboxylic acid groups (broad SMARTS) is 1. The monoisotopic (exact) mass is 313 g/mol. The van der Waals surface area contributed by atoms with Gasteiger partial charge in [-0.2, -0.15) is 0 Å². The fourth-order valence-corrected chi connectivity index (χ4v) is 2.51. The number of hydrogen-bond donors (Lipinski definition) is 1. The zero-order chi connectivity index (χ0) is 16.1. The van der Waals surface area contributed by atoms with Crippen molar-refractivity contribution >= 4 is 11.9 Å². The average Bonchev–Trinajstić information content (AvgIpc) is 2.61. The fraction of sp³-hybridized carbons (Fsp3) is 0.294. The van der Waals surface area contributed by atoms with Gasteiger partial charge in [0.2, 0.25) is 0 Å². The van der Waals surface area contributed by atoms with E-state index in [-0.39, 0.29) is 0 Å². The third-order valence-corrected chi connectivity index (χ3v) is 3.84. The summed E-state index contributed by atoms with van der Waals surface area (Å²) >= 11 is 0. The highest BCUT2D eigenvalue weighted by Crippen LogP contribution is 2.18. The molecule has 0 spiro atoms. The molecule has 0 unspecified atom stereocenters. The molecular formula is C17H19N3O3. The molecular weight excluding hydrogens is 294 g/mol. The maximum atomic E-state index is 10.9. The lowest BCUT2D eigenvalue weighted by Crippen LogP contribution is -2.48. The number of nitrogens with zero attached hydrogens (tertiary/aromatic N) is 3. The van der Waals surface area contributed by atoms with Gasteiger partial charge in [-0.05, 0) is 17.7 Å². The van der Waals surface area contributed by atoms with Crippen molar-refractivity contribution in [3.8, 4) is 5.75 Å². The summed E-state index contributed by atoms with van der Waals surface area (Å²) in [5, 5.41) is 8.96. The number of carbonyl (C=O) groups is 1. The molecule has 1 saturated heterocycles. The van der Waals surface area contributed by atoms with Crippen molar-refractivity contribution < 1.29 is 14.6 Å². The third-order valence-electron chi connectivity index (χ3n) is 3.84. The normalized spacial score (nSPS) is 14.6. The summed E-state index contributed by atoms with van der Waals surface area (Å²) in [7, 11) is 0. The summed E-state index contributed by atoms with van der Waals surface area (Å²) < 4.78 is 5.72. The van der Waals surface area contributed by atoms with Gasteiger partial charge in [-0.15, -0.1) is 0 Å². The van der Waals surface area contributed by atoms with E-state index in [4.69, 9.17) is 9.84 Å². The van der Waals surface area contributed by atoms with Crippen molar-refractivity contribution in [3.05, 3.63) is 54.2 Å². The topological polar surface area (TPSA) is 65.9 Å². The summed E-state index contributed by atoms with van der Waals surface area (Å²) in [5.41, 5.74) is 1.11. The van der Waals surface area contributed by atoms with Crippen LogP contribution in [-0.2, 0) is 6.61 Å². The minimum Gasteiger partial charge on any atom is -0.487 e. The first-order valence-electron chi connectivity index (χ1n) is 7.58. The molecule has 2 aromatic rings. The molecule has 1 fully saturated rings. The number of anilines is 1. The highest BCUT2D eigenvalue weighted by Gasteiger charge is 2.20. The Balaban J connectivity index is 1.54. The molecule has 1 N–H and O–H groups in total. The molecule has 0 radical (unpaired) electrons. The summed E-state index contributed by atoms with van der Waals surface area (Å²) in [6, 6.07) is 13.8. The molecule has 6 nitrogen and oxygen atoms in total. The Morgan fingerprint density at radius 2 is 1.83 bits per heavy atom. The van der Waals surface area contributed by atoms with Gasteiger partial charge in [0.05, 0.1) is 6.20 Å². The van der Waals surface area contributed by atoms with Crippen LogP contribution in [0.5, 0.6) is 5.75 Å². The number of pyridine rings is 1. The maximum Gasteiger partial charge on any atom is 0.407 e. The van der Waals surface area contributed by atoms with Crippen LogP contribution in [-0.4, -0.2) is 47.3 Å². The van der Waals surface area contributed by atoms with Crippen LogP contribution in [0, 0.1) is 0 Å². The number of amides is 1. The van der Waals surface area contributed by atoms with Crippen molar-refractivity contribution in [3.63, 3.8) is 0 Å². The number of piperazine rings is 1. The van der Waals surface area contributed by atoms with Gasteiger partial charge in [-0.3, -0.25) is 0 Å². The van der Waals surface area contributed by atoms with Gasteiger partial charge in [-0.25, -0.2) is 9.78 Å². The summed E-state index contributed by atoms with van der Waals surface area (Å²) in [6.45, 7) is 2.83. The van der Waals surface area contributed by atoms with Gasteiger partial charge in [0, 0.05) is 26.2 Å². The molecule has 1 aromatic carbocycles. The quantitative estimate of drug-likeness (QED) is 0.939. The number of ether oxygens (including phenoxy) is 1. The molecule has 2 heterocycles.